The van der Waals surface area contributed by atoms with Crippen molar-refractivity contribution in [3.05, 3.63) is 17.6 Å². The first-order valence-corrected chi connectivity index (χ1v) is 7.85. The number of nitrogens with zero attached hydrogens (tertiary/aromatic N) is 2. The smallest absolute Gasteiger partial charge is 0.156 e. The van der Waals surface area contributed by atoms with E-state index in [2.05, 4.69) is 4.98 Å². The molecule has 0 aromatic carbocycles. The molecule has 4 saturated carbocycles. The maximum absolute atomic E-state index is 5.98. The monoisotopic (exact) mass is 273 g/mol. The van der Waals surface area contributed by atoms with Gasteiger partial charge in [0.15, 0.2) is 5.82 Å². The van der Waals surface area contributed by atoms with Gasteiger partial charge in [-0.15, -0.1) is 0 Å². The van der Waals surface area contributed by atoms with Crippen molar-refractivity contribution in [2.24, 2.45) is 23.7 Å². The van der Waals surface area contributed by atoms with Crippen LogP contribution in [-0.2, 0) is 11.3 Å². The minimum Gasteiger partial charge on any atom is -0.384 e. The molecule has 0 amide bonds. The summed E-state index contributed by atoms with van der Waals surface area (Å²) in [4.78, 5) is 9.03. The molecule has 4 heteroatoms. The predicted molar refractivity (Wildman–Crippen MR) is 76.9 cm³/mol. The molecular weight excluding hydrogens is 250 g/mol. The molecule has 0 atom stereocenters. The van der Waals surface area contributed by atoms with E-state index < -0.39 is 0 Å². The molecule has 0 radical (unpaired) electrons. The largest absolute Gasteiger partial charge is 0.384 e. The fraction of sp³-hybridized carbons (Fsp3) is 0.750. The highest BCUT2D eigenvalue weighted by Gasteiger charge is 2.49. The van der Waals surface area contributed by atoms with Crippen LogP contribution in [0.25, 0.3) is 0 Å². The third-order valence-corrected chi connectivity index (χ3v) is 5.65. The molecule has 4 aliphatic rings. The number of anilines is 1. The quantitative estimate of drug-likeness (QED) is 0.920. The van der Waals surface area contributed by atoms with Crippen LogP contribution in [0.15, 0.2) is 6.07 Å². The SMILES string of the molecule is COCc1nc(N)cc(C2C3CC4CC(C3)CC2C4)n1. The fourth-order valence-corrected chi connectivity index (χ4v) is 5.31. The average Bonchev–Trinajstić information content (AvgIpc) is 2.37. The number of hydrogen-bond acceptors (Lipinski definition) is 4. The van der Waals surface area contributed by atoms with Crippen molar-refractivity contribution < 1.29 is 4.74 Å². The number of rotatable bonds is 3. The van der Waals surface area contributed by atoms with Gasteiger partial charge in [-0.05, 0) is 55.8 Å². The third kappa shape index (κ3) is 2.01. The van der Waals surface area contributed by atoms with E-state index in [-0.39, 0.29) is 0 Å². The summed E-state index contributed by atoms with van der Waals surface area (Å²) in [6.45, 7) is 0.450. The van der Waals surface area contributed by atoms with Crippen molar-refractivity contribution >= 4 is 5.82 Å². The molecule has 1 heterocycles. The maximum atomic E-state index is 5.98. The molecule has 1 aromatic rings. The Labute approximate surface area is 120 Å². The second kappa shape index (κ2) is 4.69. The number of methoxy groups -OCH3 is 1. The van der Waals surface area contributed by atoms with Crippen molar-refractivity contribution in [3.63, 3.8) is 0 Å². The first-order valence-electron chi connectivity index (χ1n) is 7.85. The fourth-order valence-electron chi connectivity index (χ4n) is 5.31. The number of nitrogens with two attached hydrogens (primary N) is 1. The third-order valence-electron chi connectivity index (χ3n) is 5.65. The minimum atomic E-state index is 0.450. The molecule has 4 nitrogen and oxygen atoms in total. The van der Waals surface area contributed by atoms with Gasteiger partial charge in [-0.3, -0.25) is 0 Å². The molecule has 0 aliphatic heterocycles. The van der Waals surface area contributed by atoms with Crippen LogP contribution in [0, 0.1) is 23.7 Å². The molecular formula is C16H23N3O. The van der Waals surface area contributed by atoms with Gasteiger partial charge in [-0.25, -0.2) is 9.97 Å². The molecule has 108 valence electrons. The Bertz CT molecular complexity index is 488. The maximum Gasteiger partial charge on any atom is 0.156 e. The van der Waals surface area contributed by atoms with Crippen molar-refractivity contribution in [2.45, 2.75) is 44.6 Å². The summed E-state index contributed by atoms with van der Waals surface area (Å²) in [6.07, 6.45) is 7.10. The van der Waals surface area contributed by atoms with E-state index in [1.807, 2.05) is 6.07 Å². The molecule has 0 unspecified atom stereocenters. The lowest BCUT2D eigenvalue weighted by atomic mass is 9.51. The Morgan fingerprint density at radius 2 is 1.75 bits per heavy atom. The van der Waals surface area contributed by atoms with Gasteiger partial charge in [-0.2, -0.15) is 0 Å². The van der Waals surface area contributed by atoms with E-state index >= 15 is 0 Å². The topological polar surface area (TPSA) is 61.0 Å². The zero-order valence-electron chi connectivity index (χ0n) is 12.1. The zero-order chi connectivity index (χ0) is 13.7. The Balaban J connectivity index is 1.67. The Morgan fingerprint density at radius 3 is 2.35 bits per heavy atom. The molecule has 2 N–H and O–H groups in total. The highest BCUT2D eigenvalue weighted by Crippen LogP contribution is 2.59. The number of ether oxygens (including phenoxy) is 1. The summed E-state index contributed by atoms with van der Waals surface area (Å²) in [5, 5.41) is 0. The summed E-state index contributed by atoms with van der Waals surface area (Å²) in [5.41, 5.74) is 7.16. The normalized spacial score (nSPS) is 38.4. The van der Waals surface area contributed by atoms with E-state index in [1.54, 1.807) is 7.11 Å². The molecule has 0 saturated heterocycles. The van der Waals surface area contributed by atoms with Crippen molar-refractivity contribution in [1.29, 1.82) is 0 Å². The standard InChI is InChI=1S/C16H23N3O/c1-20-8-15-18-13(7-14(17)19-15)16-11-3-9-2-10(5-11)6-12(16)4-9/h7,9-12,16H,2-6,8H2,1H3,(H2,17,18,19). The summed E-state index contributed by atoms with van der Waals surface area (Å²) < 4.78 is 5.16. The first kappa shape index (κ1) is 12.6. The molecule has 4 bridgehead atoms. The molecule has 1 aromatic heterocycles. The second-order valence-corrected chi connectivity index (χ2v) is 7.02. The molecule has 4 aliphatic carbocycles. The number of nitrogen functional groups attached to an aromatic ring is 1. The molecule has 4 fully saturated rings. The van der Waals surface area contributed by atoms with Gasteiger partial charge >= 0.3 is 0 Å². The van der Waals surface area contributed by atoms with E-state index in [9.17, 15) is 0 Å². The van der Waals surface area contributed by atoms with E-state index in [1.165, 1.54) is 37.8 Å². The van der Waals surface area contributed by atoms with Gasteiger partial charge in [0, 0.05) is 24.8 Å². The highest BCUT2D eigenvalue weighted by atomic mass is 16.5. The summed E-state index contributed by atoms with van der Waals surface area (Å²) in [6, 6.07) is 2.01. The first-order chi connectivity index (χ1) is 9.72. The number of aromatic nitrogens is 2. The van der Waals surface area contributed by atoms with Gasteiger partial charge in [-0.1, -0.05) is 0 Å². The van der Waals surface area contributed by atoms with Gasteiger partial charge in [0.1, 0.15) is 12.4 Å². The molecule has 20 heavy (non-hydrogen) atoms. The summed E-state index contributed by atoms with van der Waals surface area (Å²) in [5.74, 6) is 5.58. The Hall–Kier alpha value is -1.16. The van der Waals surface area contributed by atoms with Gasteiger partial charge in [0.2, 0.25) is 0 Å². The van der Waals surface area contributed by atoms with Gasteiger partial charge in [0.25, 0.3) is 0 Å². The van der Waals surface area contributed by atoms with E-state index in [4.69, 9.17) is 15.5 Å². The summed E-state index contributed by atoms with van der Waals surface area (Å²) in [7, 11) is 1.68. The number of hydrogen-bond donors (Lipinski definition) is 1. The average molecular weight is 273 g/mol. The predicted octanol–water partition coefficient (Wildman–Crippen LogP) is 2.74. The zero-order valence-corrected chi connectivity index (χ0v) is 12.1. The lowest BCUT2D eigenvalue weighted by Crippen LogP contribution is -2.44. The molecule has 5 rings (SSSR count). The van der Waals surface area contributed by atoms with Gasteiger partial charge < -0.3 is 10.5 Å². The van der Waals surface area contributed by atoms with Crippen LogP contribution >= 0.6 is 0 Å². The minimum absolute atomic E-state index is 0.450. The van der Waals surface area contributed by atoms with Crippen molar-refractivity contribution in [2.75, 3.05) is 12.8 Å². The Morgan fingerprint density at radius 1 is 1.10 bits per heavy atom. The van der Waals surface area contributed by atoms with Crippen molar-refractivity contribution in [3.8, 4) is 0 Å². The van der Waals surface area contributed by atoms with Crippen LogP contribution in [0.5, 0.6) is 0 Å². The van der Waals surface area contributed by atoms with Gasteiger partial charge in [0.05, 0.1) is 0 Å². The van der Waals surface area contributed by atoms with Crippen LogP contribution in [0.2, 0.25) is 0 Å². The van der Waals surface area contributed by atoms with Crippen LogP contribution in [-0.4, -0.2) is 17.1 Å². The van der Waals surface area contributed by atoms with Crippen LogP contribution < -0.4 is 5.73 Å². The lowest BCUT2D eigenvalue weighted by molar-refractivity contribution is -0.00433. The van der Waals surface area contributed by atoms with Crippen LogP contribution in [0.4, 0.5) is 5.82 Å². The van der Waals surface area contributed by atoms with Crippen molar-refractivity contribution in [1.82, 2.24) is 9.97 Å². The van der Waals surface area contributed by atoms with Crippen LogP contribution in [0.1, 0.15) is 49.5 Å². The Kier molecular flexibility index (Phi) is 2.95. The second-order valence-electron chi connectivity index (χ2n) is 7.02. The molecule has 0 spiro atoms. The van der Waals surface area contributed by atoms with E-state index in [0.717, 1.165) is 29.5 Å². The van der Waals surface area contributed by atoms with Crippen LogP contribution in [0.3, 0.4) is 0 Å². The van der Waals surface area contributed by atoms with E-state index in [0.29, 0.717) is 18.3 Å². The lowest BCUT2D eigenvalue weighted by Gasteiger charge is -2.54. The summed E-state index contributed by atoms with van der Waals surface area (Å²) >= 11 is 0. The highest BCUT2D eigenvalue weighted by molar-refractivity contribution is 5.32.